The molecule has 0 aromatic heterocycles. The first-order valence-corrected chi connectivity index (χ1v) is 7.81. The predicted octanol–water partition coefficient (Wildman–Crippen LogP) is 3.02. The van der Waals surface area contributed by atoms with Gasteiger partial charge in [-0.1, -0.05) is 6.07 Å². The highest BCUT2D eigenvalue weighted by atomic mass is 16.5. The minimum atomic E-state index is 0.196. The molecule has 0 saturated heterocycles. The molecule has 1 fully saturated rings. The van der Waals surface area contributed by atoms with E-state index < -0.39 is 0 Å². The van der Waals surface area contributed by atoms with Gasteiger partial charge >= 0.3 is 0 Å². The SMILES string of the molecule is CCOC1CC(CC(NN)c2cc(C)c(OC)cc2C)C1. The van der Waals surface area contributed by atoms with Crippen LogP contribution in [0.15, 0.2) is 12.1 Å². The Balaban J connectivity index is 2.03. The van der Waals surface area contributed by atoms with Crippen molar-refractivity contribution in [3.8, 4) is 5.75 Å². The van der Waals surface area contributed by atoms with Crippen molar-refractivity contribution >= 4 is 0 Å². The van der Waals surface area contributed by atoms with Crippen molar-refractivity contribution in [1.29, 1.82) is 0 Å². The number of hydrogen-bond donors (Lipinski definition) is 2. The fraction of sp³-hybridized carbons (Fsp3) is 0.647. The molecule has 1 aliphatic carbocycles. The summed E-state index contributed by atoms with van der Waals surface area (Å²) in [5, 5.41) is 0. The van der Waals surface area contributed by atoms with Crippen LogP contribution in [0.5, 0.6) is 5.75 Å². The van der Waals surface area contributed by atoms with E-state index in [1.807, 2.05) is 0 Å². The third-order valence-corrected chi connectivity index (χ3v) is 4.52. The average molecular weight is 292 g/mol. The van der Waals surface area contributed by atoms with E-state index in [9.17, 15) is 0 Å². The number of benzene rings is 1. The Kier molecular flexibility index (Phi) is 5.62. The minimum absolute atomic E-state index is 0.196. The molecular formula is C17H28N2O2. The van der Waals surface area contributed by atoms with Crippen LogP contribution in [0.25, 0.3) is 0 Å². The fourth-order valence-corrected chi connectivity index (χ4v) is 3.26. The fourth-order valence-electron chi connectivity index (χ4n) is 3.26. The second-order valence-electron chi connectivity index (χ2n) is 6.05. The number of nitrogens with one attached hydrogen (secondary N) is 1. The highest BCUT2D eigenvalue weighted by molar-refractivity contribution is 5.42. The Labute approximate surface area is 128 Å². The number of methoxy groups -OCH3 is 1. The van der Waals surface area contributed by atoms with Crippen molar-refractivity contribution in [2.75, 3.05) is 13.7 Å². The maximum atomic E-state index is 5.80. The van der Waals surface area contributed by atoms with Crippen LogP contribution in [0.2, 0.25) is 0 Å². The zero-order valence-electron chi connectivity index (χ0n) is 13.6. The van der Waals surface area contributed by atoms with E-state index >= 15 is 0 Å². The molecule has 1 aromatic carbocycles. The minimum Gasteiger partial charge on any atom is -0.496 e. The first kappa shape index (κ1) is 16.3. The Morgan fingerprint density at radius 2 is 2.00 bits per heavy atom. The van der Waals surface area contributed by atoms with Gasteiger partial charge in [-0.25, -0.2) is 0 Å². The molecule has 0 aliphatic heterocycles. The summed E-state index contributed by atoms with van der Waals surface area (Å²) in [5.74, 6) is 7.44. The summed E-state index contributed by atoms with van der Waals surface area (Å²) in [7, 11) is 1.71. The van der Waals surface area contributed by atoms with Gasteiger partial charge in [-0.3, -0.25) is 11.3 Å². The molecule has 0 spiro atoms. The smallest absolute Gasteiger partial charge is 0.122 e. The van der Waals surface area contributed by atoms with Crippen molar-refractivity contribution in [3.05, 3.63) is 28.8 Å². The van der Waals surface area contributed by atoms with E-state index in [2.05, 4.69) is 38.3 Å². The Hall–Kier alpha value is -1.10. The number of nitrogens with two attached hydrogens (primary N) is 1. The van der Waals surface area contributed by atoms with E-state index in [4.69, 9.17) is 15.3 Å². The standard InChI is InChI=1S/C17H28N2O2/c1-5-21-14-8-13(9-14)10-16(19-18)15-6-12(3)17(20-4)7-11(15)2/h6-7,13-14,16,19H,5,8-10,18H2,1-4H3. The number of aryl methyl sites for hydroxylation is 2. The lowest BCUT2D eigenvalue weighted by Crippen LogP contribution is -2.36. The van der Waals surface area contributed by atoms with Crippen molar-refractivity contribution in [2.24, 2.45) is 11.8 Å². The maximum absolute atomic E-state index is 5.80. The summed E-state index contributed by atoms with van der Waals surface area (Å²) in [6.07, 6.45) is 3.82. The largest absolute Gasteiger partial charge is 0.496 e. The van der Waals surface area contributed by atoms with Crippen LogP contribution in [0.3, 0.4) is 0 Å². The Morgan fingerprint density at radius 1 is 1.29 bits per heavy atom. The van der Waals surface area contributed by atoms with Gasteiger partial charge in [-0.15, -0.1) is 0 Å². The third-order valence-electron chi connectivity index (χ3n) is 4.52. The van der Waals surface area contributed by atoms with Crippen LogP contribution in [0.4, 0.5) is 0 Å². The van der Waals surface area contributed by atoms with Gasteiger partial charge in [-0.2, -0.15) is 0 Å². The van der Waals surface area contributed by atoms with Gasteiger partial charge in [-0.05, 0) is 68.7 Å². The number of hydrazine groups is 1. The van der Waals surface area contributed by atoms with E-state index in [1.165, 1.54) is 11.1 Å². The van der Waals surface area contributed by atoms with Crippen LogP contribution >= 0.6 is 0 Å². The van der Waals surface area contributed by atoms with E-state index in [0.29, 0.717) is 12.0 Å². The highest BCUT2D eigenvalue weighted by Crippen LogP contribution is 2.38. The lowest BCUT2D eigenvalue weighted by Gasteiger charge is -2.37. The number of rotatable bonds is 7. The second-order valence-corrected chi connectivity index (χ2v) is 6.05. The monoisotopic (exact) mass is 292 g/mol. The molecule has 1 atom stereocenters. The highest BCUT2D eigenvalue weighted by Gasteiger charge is 2.32. The topological polar surface area (TPSA) is 56.5 Å². The van der Waals surface area contributed by atoms with Crippen LogP contribution in [0.1, 0.15) is 48.9 Å². The second kappa shape index (κ2) is 7.25. The summed E-state index contributed by atoms with van der Waals surface area (Å²) in [5.41, 5.74) is 6.64. The van der Waals surface area contributed by atoms with Gasteiger partial charge in [0.2, 0.25) is 0 Å². The van der Waals surface area contributed by atoms with Gasteiger partial charge < -0.3 is 9.47 Å². The summed E-state index contributed by atoms with van der Waals surface area (Å²) in [6, 6.07) is 4.48. The van der Waals surface area contributed by atoms with Crippen molar-refractivity contribution in [3.63, 3.8) is 0 Å². The predicted molar refractivity (Wildman–Crippen MR) is 85.3 cm³/mol. The molecule has 1 saturated carbocycles. The van der Waals surface area contributed by atoms with Gasteiger partial charge in [0.1, 0.15) is 5.75 Å². The van der Waals surface area contributed by atoms with Gasteiger partial charge in [0, 0.05) is 12.6 Å². The van der Waals surface area contributed by atoms with E-state index in [1.54, 1.807) is 7.11 Å². The van der Waals surface area contributed by atoms with Crippen molar-refractivity contribution in [2.45, 2.75) is 52.2 Å². The lowest BCUT2D eigenvalue weighted by atomic mass is 9.77. The Bertz CT molecular complexity index is 470. The molecule has 0 heterocycles. The van der Waals surface area contributed by atoms with E-state index in [0.717, 1.165) is 37.2 Å². The van der Waals surface area contributed by atoms with E-state index in [-0.39, 0.29) is 6.04 Å². The summed E-state index contributed by atoms with van der Waals surface area (Å²) in [6.45, 7) is 7.06. The first-order valence-electron chi connectivity index (χ1n) is 7.81. The van der Waals surface area contributed by atoms with Crippen LogP contribution in [-0.2, 0) is 4.74 Å². The van der Waals surface area contributed by atoms with Crippen LogP contribution in [0, 0.1) is 19.8 Å². The van der Waals surface area contributed by atoms with Gasteiger partial charge in [0.15, 0.2) is 0 Å². The van der Waals surface area contributed by atoms with Crippen molar-refractivity contribution in [1.82, 2.24) is 5.43 Å². The molecule has 1 aromatic rings. The van der Waals surface area contributed by atoms with Gasteiger partial charge in [0.05, 0.1) is 13.2 Å². The van der Waals surface area contributed by atoms with Crippen LogP contribution < -0.4 is 16.0 Å². The summed E-state index contributed by atoms with van der Waals surface area (Å²) >= 11 is 0. The molecule has 4 heteroatoms. The number of hydrogen-bond acceptors (Lipinski definition) is 4. The first-order chi connectivity index (χ1) is 10.1. The molecule has 0 bridgehead atoms. The zero-order valence-corrected chi connectivity index (χ0v) is 13.6. The summed E-state index contributed by atoms with van der Waals surface area (Å²) < 4.78 is 11.0. The molecular weight excluding hydrogens is 264 g/mol. The molecule has 4 nitrogen and oxygen atoms in total. The molecule has 0 radical (unpaired) electrons. The third kappa shape index (κ3) is 3.76. The lowest BCUT2D eigenvalue weighted by molar-refractivity contribution is -0.0291. The van der Waals surface area contributed by atoms with Crippen molar-refractivity contribution < 1.29 is 9.47 Å². The van der Waals surface area contributed by atoms with Gasteiger partial charge in [0.25, 0.3) is 0 Å². The molecule has 118 valence electrons. The maximum Gasteiger partial charge on any atom is 0.122 e. The molecule has 3 N–H and O–H groups in total. The zero-order chi connectivity index (χ0) is 15.4. The quantitative estimate of drug-likeness (QED) is 0.599. The number of ether oxygens (including phenoxy) is 2. The Morgan fingerprint density at radius 3 is 2.57 bits per heavy atom. The molecule has 1 unspecified atom stereocenters. The molecule has 2 rings (SSSR count). The molecule has 21 heavy (non-hydrogen) atoms. The molecule has 0 amide bonds. The average Bonchev–Trinajstić information content (AvgIpc) is 2.43. The van der Waals surface area contributed by atoms with Crippen LogP contribution in [-0.4, -0.2) is 19.8 Å². The summed E-state index contributed by atoms with van der Waals surface area (Å²) in [4.78, 5) is 0. The normalized spacial score (nSPS) is 22.7. The molecule has 1 aliphatic rings.